The van der Waals surface area contributed by atoms with Gasteiger partial charge in [0.25, 0.3) is 0 Å². The van der Waals surface area contributed by atoms with Crippen molar-refractivity contribution >= 4 is 11.0 Å². The fraction of sp³-hybridized carbons (Fsp3) is 0.167. The minimum atomic E-state index is 0.189. The van der Waals surface area contributed by atoms with Gasteiger partial charge in [-0.15, -0.1) is 0 Å². The summed E-state index contributed by atoms with van der Waals surface area (Å²) in [6.45, 7) is 0. The van der Waals surface area contributed by atoms with E-state index in [0.717, 1.165) is 11.0 Å². The summed E-state index contributed by atoms with van der Waals surface area (Å²) in [6, 6.07) is 11.5. The van der Waals surface area contributed by atoms with Crippen LogP contribution < -0.4 is 0 Å². The monoisotopic (exact) mass is 208 g/mol. The normalized spacial score (nSPS) is 9.62. The molecule has 1 heterocycles. The fourth-order valence-electron chi connectivity index (χ4n) is 1.51. The molecule has 1 aromatic carbocycles. The molecule has 0 fully saturated rings. The fourth-order valence-corrected chi connectivity index (χ4v) is 1.51. The molecule has 0 unspecified atom stereocenters. The molecule has 2 rings (SSSR count). The quantitative estimate of drug-likeness (QED) is 0.753. The van der Waals surface area contributed by atoms with Gasteiger partial charge in [-0.05, 0) is 12.1 Å². The van der Waals surface area contributed by atoms with E-state index >= 15 is 0 Å². The second kappa shape index (κ2) is 4.37. The first-order valence-electron chi connectivity index (χ1n) is 4.83. The molecule has 4 heteroatoms. The van der Waals surface area contributed by atoms with E-state index in [1.54, 1.807) is 0 Å². The predicted octanol–water partition coefficient (Wildman–Crippen LogP) is 1.76. The van der Waals surface area contributed by atoms with Crippen molar-refractivity contribution in [1.29, 1.82) is 10.5 Å². The lowest BCUT2D eigenvalue weighted by atomic mass is 10.2. The number of hydrogen-bond acceptors (Lipinski definition) is 4. The third kappa shape index (κ3) is 1.82. The lowest BCUT2D eigenvalue weighted by Gasteiger charge is -2.03. The Labute approximate surface area is 92.8 Å². The van der Waals surface area contributed by atoms with Gasteiger partial charge in [-0.3, -0.25) is 0 Å². The van der Waals surface area contributed by atoms with E-state index in [1.807, 2.05) is 36.4 Å². The third-order valence-corrected chi connectivity index (χ3v) is 2.22. The molecule has 0 radical (unpaired) electrons. The zero-order valence-corrected chi connectivity index (χ0v) is 8.51. The Hall–Kier alpha value is -2.46. The highest BCUT2D eigenvalue weighted by atomic mass is 14.8. The van der Waals surface area contributed by atoms with Gasteiger partial charge in [0, 0.05) is 0 Å². The molecule has 1 aromatic heterocycles. The van der Waals surface area contributed by atoms with Crippen molar-refractivity contribution in [2.75, 3.05) is 0 Å². The summed E-state index contributed by atoms with van der Waals surface area (Å²) in [6.07, 6.45) is 0.379. The Balaban J connectivity index is 2.63. The van der Waals surface area contributed by atoms with Crippen molar-refractivity contribution in [3.8, 4) is 12.1 Å². The SMILES string of the molecule is N#CCc1nc2ccccc2nc1CC#N. The van der Waals surface area contributed by atoms with Gasteiger partial charge in [0.05, 0.1) is 47.4 Å². The molecule has 0 aliphatic carbocycles. The van der Waals surface area contributed by atoms with Crippen LogP contribution in [0.4, 0.5) is 0 Å². The van der Waals surface area contributed by atoms with Crippen LogP contribution in [0.15, 0.2) is 24.3 Å². The Bertz CT molecular complexity index is 550. The van der Waals surface area contributed by atoms with Crippen molar-refractivity contribution in [3.05, 3.63) is 35.7 Å². The van der Waals surface area contributed by atoms with E-state index in [1.165, 1.54) is 0 Å². The first kappa shape index (κ1) is 10.1. The lowest BCUT2D eigenvalue weighted by molar-refractivity contribution is 1.01. The Morgan fingerprint density at radius 3 is 1.69 bits per heavy atom. The third-order valence-electron chi connectivity index (χ3n) is 2.22. The molecule has 4 nitrogen and oxygen atoms in total. The molecule has 0 aliphatic rings. The summed E-state index contributed by atoms with van der Waals surface area (Å²) in [5, 5.41) is 17.4. The molecule has 2 aromatic rings. The van der Waals surface area contributed by atoms with Crippen LogP contribution in [0.5, 0.6) is 0 Å². The maximum Gasteiger partial charge on any atom is 0.0890 e. The standard InChI is InChI=1S/C12H8N4/c13-7-5-11-12(6-8-14)16-10-4-2-1-3-9(10)15-11/h1-4H,5-6H2. The van der Waals surface area contributed by atoms with Gasteiger partial charge in [0.1, 0.15) is 0 Å². The number of benzene rings is 1. The number of nitrogens with zero attached hydrogens (tertiary/aromatic N) is 4. The van der Waals surface area contributed by atoms with Gasteiger partial charge in [-0.25, -0.2) is 9.97 Å². The summed E-state index contributed by atoms with van der Waals surface area (Å²) >= 11 is 0. The largest absolute Gasteiger partial charge is 0.248 e. The Morgan fingerprint density at radius 1 is 0.875 bits per heavy atom. The maximum atomic E-state index is 8.68. The highest BCUT2D eigenvalue weighted by Gasteiger charge is 2.07. The van der Waals surface area contributed by atoms with Gasteiger partial charge < -0.3 is 0 Å². The van der Waals surface area contributed by atoms with Crippen molar-refractivity contribution in [2.45, 2.75) is 12.8 Å². The number of rotatable bonds is 2. The topological polar surface area (TPSA) is 73.4 Å². The number of para-hydroxylation sites is 2. The van der Waals surface area contributed by atoms with Crippen LogP contribution in [0.1, 0.15) is 11.4 Å². The zero-order chi connectivity index (χ0) is 11.4. The molecule has 16 heavy (non-hydrogen) atoms. The molecule has 0 aliphatic heterocycles. The van der Waals surface area contributed by atoms with Crippen LogP contribution >= 0.6 is 0 Å². The number of hydrogen-bond donors (Lipinski definition) is 0. The second-order valence-electron chi connectivity index (χ2n) is 3.28. The van der Waals surface area contributed by atoms with Gasteiger partial charge >= 0.3 is 0 Å². The van der Waals surface area contributed by atoms with Crippen LogP contribution in [0, 0.1) is 22.7 Å². The van der Waals surface area contributed by atoms with Crippen LogP contribution in [-0.4, -0.2) is 9.97 Å². The van der Waals surface area contributed by atoms with Crippen LogP contribution in [0.25, 0.3) is 11.0 Å². The smallest absolute Gasteiger partial charge is 0.0890 e. The Morgan fingerprint density at radius 2 is 1.31 bits per heavy atom. The zero-order valence-electron chi connectivity index (χ0n) is 8.51. The van der Waals surface area contributed by atoms with E-state index in [9.17, 15) is 0 Å². The molecule has 76 valence electrons. The van der Waals surface area contributed by atoms with Crippen molar-refractivity contribution in [2.24, 2.45) is 0 Å². The number of aromatic nitrogens is 2. The van der Waals surface area contributed by atoms with Crippen LogP contribution in [-0.2, 0) is 12.8 Å². The van der Waals surface area contributed by atoms with Crippen molar-refractivity contribution in [3.63, 3.8) is 0 Å². The minimum Gasteiger partial charge on any atom is -0.248 e. The molecule has 0 bridgehead atoms. The van der Waals surface area contributed by atoms with E-state index < -0.39 is 0 Å². The average molecular weight is 208 g/mol. The van der Waals surface area contributed by atoms with Crippen molar-refractivity contribution in [1.82, 2.24) is 9.97 Å². The highest BCUT2D eigenvalue weighted by Crippen LogP contribution is 2.13. The summed E-state index contributed by atoms with van der Waals surface area (Å²) < 4.78 is 0. The van der Waals surface area contributed by atoms with E-state index in [0.29, 0.717) is 11.4 Å². The molecular formula is C12H8N4. The van der Waals surface area contributed by atoms with Gasteiger partial charge in [-0.1, -0.05) is 12.1 Å². The first-order valence-corrected chi connectivity index (χ1v) is 4.83. The van der Waals surface area contributed by atoms with Crippen molar-refractivity contribution < 1.29 is 0 Å². The van der Waals surface area contributed by atoms with E-state index in [4.69, 9.17) is 10.5 Å². The second-order valence-corrected chi connectivity index (χ2v) is 3.28. The summed E-state index contributed by atoms with van der Waals surface area (Å²) in [4.78, 5) is 8.69. The Kier molecular flexibility index (Phi) is 2.75. The van der Waals surface area contributed by atoms with Gasteiger partial charge in [-0.2, -0.15) is 10.5 Å². The minimum absolute atomic E-state index is 0.189. The molecule has 0 spiro atoms. The van der Waals surface area contributed by atoms with Gasteiger partial charge in [0.15, 0.2) is 0 Å². The number of nitriles is 2. The van der Waals surface area contributed by atoms with E-state index in [-0.39, 0.29) is 12.8 Å². The molecule has 0 amide bonds. The molecule has 0 N–H and O–H groups in total. The molecule has 0 atom stereocenters. The van der Waals surface area contributed by atoms with Crippen LogP contribution in [0.2, 0.25) is 0 Å². The summed E-state index contributed by atoms with van der Waals surface area (Å²) in [7, 11) is 0. The van der Waals surface area contributed by atoms with E-state index in [2.05, 4.69) is 9.97 Å². The van der Waals surface area contributed by atoms with Crippen LogP contribution in [0.3, 0.4) is 0 Å². The molecule has 0 saturated heterocycles. The maximum absolute atomic E-state index is 8.68. The molecule has 0 saturated carbocycles. The average Bonchev–Trinajstić information content (AvgIpc) is 2.30. The summed E-state index contributed by atoms with van der Waals surface area (Å²) in [5.41, 5.74) is 2.72. The molecular weight excluding hydrogens is 200 g/mol. The highest BCUT2D eigenvalue weighted by molar-refractivity contribution is 5.74. The predicted molar refractivity (Wildman–Crippen MR) is 58.2 cm³/mol. The summed E-state index contributed by atoms with van der Waals surface area (Å²) in [5.74, 6) is 0. The lowest BCUT2D eigenvalue weighted by Crippen LogP contribution is -2.01. The number of fused-ring (bicyclic) bond motifs is 1. The first-order chi connectivity index (χ1) is 7.85. The van der Waals surface area contributed by atoms with Gasteiger partial charge in [0.2, 0.25) is 0 Å².